The highest BCUT2D eigenvalue weighted by Gasteiger charge is 2.32. The minimum Gasteiger partial charge on any atom is -0.363 e. The minimum absolute atomic E-state index is 0.163. The second-order valence-electron chi connectivity index (χ2n) is 5.53. The van der Waals surface area contributed by atoms with Crippen molar-refractivity contribution in [3.8, 4) is 0 Å². The third kappa shape index (κ3) is 4.31. The van der Waals surface area contributed by atoms with Crippen LogP contribution in [0.2, 0.25) is 5.02 Å². The zero-order valence-corrected chi connectivity index (χ0v) is 16.0. The second kappa shape index (κ2) is 8.16. The van der Waals surface area contributed by atoms with Crippen LogP contribution in [0, 0.1) is 0 Å². The Hall–Kier alpha value is -1.64. The SMILES string of the molecule is CNc1nnc(SC2CCCCN(C(=O)c3ccc(Cl)cc3)C2=O)s1. The largest absolute Gasteiger partial charge is 0.363 e. The molecule has 1 aromatic heterocycles. The highest BCUT2D eigenvalue weighted by molar-refractivity contribution is 8.02. The van der Waals surface area contributed by atoms with Crippen LogP contribution < -0.4 is 5.32 Å². The van der Waals surface area contributed by atoms with Gasteiger partial charge in [-0.3, -0.25) is 14.5 Å². The van der Waals surface area contributed by atoms with Crippen LogP contribution in [-0.2, 0) is 4.79 Å². The number of hydrogen-bond donors (Lipinski definition) is 1. The fourth-order valence-electron chi connectivity index (χ4n) is 2.55. The molecule has 1 aromatic carbocycles. The van der Waals surface area contributed by atoms with Crippen molar-refractivity contribution in [3.05, 3.63) is 34.9 Å². The molecule has 6 nitrogen and oxygen atoms in total. The van der Waals surface area contributed by atoms with Crippen LogP contribution in [0.5, 0.6) is 0 Å². The molecule has 0 spiro atoms. The third-order valence-corrected chi connectivity index (χ3v) is 6.37. The Morgan fingerprint density at radius 1 is 1.32 bits per heavy atom. The first-order chi connectivity index (χ1) is 12.1. The molecule has 1 atom stereocenters. The topological polar surface area (TPSA) is 75.2 Å². The highest BCUT2D eigenvalue weighted by atomic mass is 35.5. The number of rotatable bonds is 4. The molecule has 1 saturated heterocycles. The molecule has 2 amide bonds. The van der Waals surface area contributed by atoms with Crippen molar-refractivity contribution in [3.63, 3.8) is 0 Å². The number of benzene rings is 1. The molecule has 0 radical (unpaired) electrons. The summed E-state index contributed by atoms with van der Waals surface area (Å²) in [5.74, 6) is -0.439. The molecule has 1 aliphatic rings. The standard InChI is InChI=1S/C16H17ClN4O2S2/c1-18-15-19-20-16(25-15)24-12-4-2-3-9-21(14(12)23)13(22)10-5-7-11(17)8-6-10/h5-8,12H,2-4,9H2,1H3,(H,18,19). The quantitative estimate of drug-likeness (QED) is 0.796. The smallest absolute Gasteiger partial charge is 0.260 e. The number of imide groups is 1. The lowest BCUT2D eigenvalue weighted by atomic mass is 10.2. The predicted octanol–water partition coefficient (Wildman–Crippen LogP) is 3.55. The van der Waals surface area contributed by atoms with Crippen LogP contribution in [0.3, 0.4) is 0 Å². The van der Waals surface area contributed by atoms with E-state index in [0.717, 1.165) is 23.6 Å². The zero-order chi connectivity index (χ0) is 17.8. The van der Waals surface area contributed by atoms with Gasteiger partial charge in [0, 0.05) is 24.2 Å². The lowest BCUT2D eigenvalue weighted by Gasteiger charge is -2.22. The number of aromatic nitrogens is 2. The summed E-state index contributed by atoms with van der Waals surface area (Å²) in [5.41, 5.74) is 0.469. The van der Waals surface area contributed by atoms with Crippen LogP contribution in [0.15, 0.2) is 28.6 Å². The van der Waals surface area contributed by atoms with Crippen molar-refractivity contribution in [1.29, 1.82) is 0 Å². The van der Waals surface area contributed by atoms with Crippen molar-refractivity contribution in [2.24, 2.45) is 0 Å². The van der Waals surface area contributed by atoms with Crippen LogP contribution in [-0.4, -0.2) is 45.8 Å². The maximum absolute atomic E-state index is 12.9. The van der Waals surface area contributed by atoms with Gasteiger partial charge in [0.1, 0.15) is 0 Å². The van der Waals surface area contributed by atoms with Crippen molar-refractivity contribution >= 4 is 51.6 Å². The minimum atomic E-state index is -0.323. The predicted molar refractivity (Wildman–Crippen MR) is 100 cm³/mol. The Morgan fingerprint density at radius 3 is 2.76 bits per heavy atom. The van der Waals surface area contributed by atoms with Gasteiger partial charge < -0.3 is 5.32 Å². The van der Waals surface area contributed by atoms with Crippen molar-refractivity contribution < 1.29 is 9.59 Å². The molecule has 0 bridgehead atoms. The average Bonchev–Trinajstić information content (AvgIpc) is 3.00. The van der Waals surface area contributed by atoms with Gasteiger partial charge in [0.2, 0.25) is 11.0 Å². The first-order valence-corrected chi connectivity index (χ1v) is 9.95. The molecule has 2 aromatic rings. The van der Waals surface area contributed by atoms with Gasteiger partial charge in [0.25, 0.3) is 5.91 Å². The lowest BCUT2D eigenvalue weighted by molar-refractivity contribution is -0.127. The fourth-order valence-corrected chi connectivity index (χ4v) is 4.72. The van der Waals surface area contributed by atoms with Gasteiger partial charge in [-0.15, -0.1) is 10.2 Å². The van der Waals surface area contributed by atoms with Crippen molar-refractivity contribution in [2.45, 2.75) is 28.9 Å². The number of carbonyl (C=O) groups excluding carboxylic acids is 2. The van der Waals surface area contributed by atoms with Gasteiger partial charge in [-0.2, -0.15) is 0 Å². The van der Waals surface area contributed by atoms with E-state index in [1.54, 1.807) is 31.3 Å². The number of halogens is 1. The Bertz CT molecular complexity index is 766. The van der Waals surface area contributed by atoms with E-state index in [1.165, 1.54) is 28.0 Å². The number of nitrogens with one attached hydrogen (secondary N) is 1. The number of nitrogens with zero attached hydrogens (tertiary/aromatic N) is 3. The molecule has 0 saturated carbocycles. The summed E-state index contributed by atoms with van der Waals surface area (Å²) >= 11 is 8.66. The number of hydrogen-bond acceptors (Lipinski definition) is 7. The maximum atomic E-state index is 12.9. The van der Waals surface area contributed by atoms with E-state index in [9.17, 15) is 9.59 Å². The van der Waals surface area contributed by atoms with E-state index in [4.69, 9.17) is 11.6 Å². The molecule has 1 fully saturated rings. The number of anilines is 1. The summed E-state index contributed by atoms with van der Waals surface area (Å²) in [7, 11) is 1.78. The first kappa shape index (κ1) is 18.2. The molecule has 1 N–H and O–H groups in total. The Labute approximate surface area is 159 Å². The molecule has 3 rings (SSSR count). The van der Waals surface area contributed by atoms with Gasteiger partial charge in [0.15, 0.2) is 4.34 Å². The van der Waals surface area contributed by atoms with E-state index in [0.29, 0.717) is 22.3 Å². The van der Waals surface area contributed by atoms with Gasteiger partial charge in [-0.25, -0.2) is 0 Å². The summed E-state index contributed by atoms with van der Waals surface area (Å²) in [6, 6.07) is 6.61. The lowest BCUT2D eigenvalue weighted by Crippen LogP contribution is -2.41. The number of likely N-dealkylation sites (tertiary alicyclic amines) is 1. The zero-order valence-electron chi connectivity index (χ0n) is 13.6. The first-order valence-electron chi connectivity index (χ1n) is 7.87. The normalized spacial score (nSPS) is 18.1. The van der Waals surface area contributed by atoms with Crippen molar-refractivity contribution in [1.82, 2.24) is 15.1 Å². The van der Waals surface area contributed by atoms with E-state index in [2.05, 4.69) is 15.5 Å². The molecular weight excluding hydrogens is 380 g/mol. The van der Waals surface area contributed by atoms with Crippen LogP contribution in [0.25, 0.3) is 0 Å². The summed E-state index contributed by atoms with van der Waals surface area (Å²) in [6.07, 6.45) is 2.42. The highest BCUT2D eigenvalue weighted by Crippen LogP contribution is 2.33. The van der Waals surface area contributed by atoms with Gasteiger partial charge in [0.05, 0.1) is 5.25 Å². The summed E-state index contributed by atoms with van der Waals surface area (Å²) < 4.78 is 0.725. The van der Waals surface area contributed by atoms with Gasteiger partial charge in [-0.05, 0) is 37.1 Å². The number of thioether (sulfide) groups is 1. The van der Waals surface area contributed by atoms with Crippen LogP contribution in [0.1, 0.15) is 29.6 Å². The Kier molecular flexibility index (Phi) is 5.93. The van der Waals surface area contributed by atoms with E-state index >= 15 is 0 Å². The Morgan fingerprint density at radius 2 is 2.08 bits per heavy atom. The number of amides is 2. The van der Waals surface area contributed by atoms with Gasteiger partial charge in [-0.1, -0.05) is 41.1 Å². The van der Waals surface area contributed by atoms with Crippen LogP contribution >= 0.6 is 34.7 Å². The summed E-state index contributed by atoms with van der Waals surface area (Å²) in [5, 5.41) is 11.9. The van der Waals surface area contributed by atoms with Gasteiger partial charge >= 0.3 is 0 Å². The van der Waals surface area contributed by atoms with Crippen molar-refractivity contribution in [2.75, 3.05) is 18.9 Å². The number of carbonyl (C=O) groups is 2. The fraction of sp³-hybridized carbons (Fsp3) is 0.375. The summed E-state index contributed by atoms with van der Waals surface area (Å²) in [4.78, 5) is 27.0. The maximum Gasteiger partial charge on any atom is 0.260 e. The molecule has 0 aliphatic carbocycles. The third-order valence-electron chi connectivity index (χ3n) is 3.84. The Balaban J connectivity index is 1.76. The molecule has 132 valence electrons. The van der Waals surface area contributed by atoms with E-state index in [1.807, 2.05) is 0 Å². The molecular formula is C16H17ClN4O2S2. The van der Waals surface area contributed by atoms with Crippen LogP contribution in [0.4, 0.5) is 5.13 Å². The second-order valence-corrected chi connectivity index (χ2v) is 8.39. The van der Waals surface area contributed by atoms with E-state index < -0.39 is 0 Å². The molecule has 1 unspecified atom stereocenters. The molecule has 1 aliphatic heterocycles. The monoisotopic (exact) mass is 396 g/mol. The average molecular weight is 397 g/mol. The van der Waals surface area contributed by atoms with E-state index in [-0.39, 0.29) is 17.1 Å². The molecule has 2 heterocycles. The molecule has 25 heavy (non-hydrogen) atoms. The summed E-state index contributed by atoms with van der Waals surface area (Å²) in [6.45, 7) is 0.440. The molecule has 9 heteroatoms.